The molecule has 0 N–H and O–H groups in total. The molecule has 22 heavy (non-hydrogen) atoms. The molecule has 0 unspecified atom stereocenters. The van der Waals surface area contributed by atoms with Gasteiger partial charge in [-0.1, -0.05) is 6.07 Å². The second kappa shape index (κ2) is 5.42. The van der Waals surface area contributed by atoms with Crippen LogP contribution in [-0.4, -0.2) is 32.3 Å². The Morgan fingerprint density at radius 3 is 2.32 bits per heavy atom. The van der Waals surface area contributed by atoms with Crippen molar-refractivity contribution in [3.05, 3.63) is 40.8 Å². The number of aryl methyl sites for hydroxylation is 2. The number of nitrogens with zero attached hydrogens (tertiary/aromatic N) is 1. The molecule has 0 bridgehead atoms. The molecule has 1 heterocycles. The Kier molecular flexibility index (Phi) is 4.08. The first-order chi connectivity index (χ1) is 10.0. The van der Waals surface area contributed by atoms with Gasteiger partial charge in [-0.15, -0.1) is 0 Å². The Balaban J connectivity index is 2.49. The van der Waals surface area contributed by atoms with Crippen LogP contribution in [0, 0.1) is 13.8 Å². The van der Waals surface area contributed by atoms with E-state index >= 15 is 0 Å². The summed E-state index contributed by atoms with van der Waals surface area (Å²) in [4.78, 5) is 12.2. The van der Waals surface area contributed by atoms with E-state index in [9.17, 15) is 26.4 Å². The third-order valence-electron chi connectivity index (χ3n) is 3.47. The van der Waals surface area contributed by atoms with Crippen LogP contribution < -0.4 is 4.90 Å². The molecule has 1 aromatic rings. The van der Waals surface area contributed by atoms with Crippen LogP contribution in [0.25, 0.3) is 0 Å². The van der Waals surface area contributed by atoms with Crippen LogP contribution >= 0.6 is 0 Å². The smallest absolute Gasteiger partial charge is 0.297 e. The summed E-state index contributed by atoms with van der Waals surface area (Å²) in [6.45, 7) is 3.49. The zero-order chi connectivity index (χ0) is 16.7. The number of rotatable bonds is 2. The average Bonchev–Trinajstić information content (AvgIpc) is 2.73. The number of anilines is 1. The molecule has 8 heteroatoms. The lowest BCUT2D eigenvalue weighted by molar-refractivity contribution is -0.170. The van der Waals surface area contributed by atoms with Crippen LogP contribution in [-0.2, 0) is 14.6 Å². The number of halogens is 3. The molecule has 0 radical (unpaired) electrons. The van der Waals surface area contributed by atoms with E-state index in [1.165, 1.54) is 12.1 Å². The second-order valence-corrected chi connectivity index (χ2v) is 7.10. The Bertz CT molecular complexity index is 738. The third kappa shape index (κ3) is 3.32. The van der Waals surface area contributed by atoms with Gasteiger partial charge in [0, 0.05) is 11.1 Å². The molecular weight excluding hydrogens is 319 g/mol. The van der Waals surface area contributed by atoms with E-state index < -0.39 is 33.7 Å². The molecule has 1 aromatic carbocycles. The normalized spacial score (nSPS) is 20.1. The summed E-state index contributed by atoms with van der Waals surface area (Å²) in [5, 5.41) is 0.843. The van der Waals surface area contributed by atoms with Crippen LogP contribution in [0.5, 0.6) is 0 Å². The highest BCUT2D eigenvalue weighted by molar-refractivity contribution is 7.94. The fourth-order valence-electron chi connectivity index (χ4n) is 2.19. The largest absolute Gasteiger partial charge is 0.471 e. The average molecular weight is 333 g/mol. The molecule has 1 aliphatic rings. The van der Waals surface area contributed by atoms with Gasteiger partial charge < -0.3 is 0 Å². The molecule has 2 rings (SSSR count). The Morgan fingerprint density at radius 1 is 1.23 bits per heavy atom. The lowest BCUT2D eigenvalue weighted by Gasteiger charge is -2.28. The Labute approximate surface area is 126 Å². The molecule has 1 amide bonds. The minimum atomic E-state index is -5.08. The van der Waals surface area contributed by atoms with Crippen molar-refractivity contribution in [1.82, 2.24) is 0 Å². The van der Waals surface area contributed by atoms with Gasteiger partial charge in [0.2, 0.25) is 0 Å². The summed E-state index contributed by atoms with van der Waals surface area (Å²) in [5.74, 6) is -2.63. The number of benzene rings is 1. The van der Waals surface area contributed by atoms with E-state index in [0.717, 1.165) is 17.0 Å². The first-order valence-electron chi connectivity index (χ1n) is 6.40. The van der Waals surface area contributed by atoms with Gasteiger partial charge in [0.1, 0.15) is 0 Å². The minimum Gasteiger partial charge on any atom is -0.297 e. The lowest BCUT2D eigenvalue weighted by Crippen LogP contribution is -2.48. The van der Waals surface area contributed by atoms with Crippen LogP contribution in [0.3, 0.4) is 0 Å². The summed E-state index contributed by atoms with van der Waals surface area (Å²) in [7, 11) is -3.59. The van der Waals surface area contributed by atoms with Crippen molar-refractivity contribution in [2.45, 2.75) is 26.1 Å². The maximum absolute atomic E-state index is 12.8. The first kappa shape index (κ1) is 16.5. The number of alkyl halides is 3. The zero-order valence-electron chi connectivity index (χ0n) is 11.9. The topological polar surface area (TPSA) is 54.5 Å². The predicted octanol–water partition coefficient (Wildman–Crippen LogP) is 2.51. The highest BCUT2D eigenvalue weighted by Gasteiger charge is 2.46. The van der Waals surface area contributed by atoms with Crippen LogP contribution in [0.15, 0.2) is 29.7 Å². The number of amides is 1. The van der Waals surface area contributed by atoms with Gasteiger partial charge >= 0.3 is 12.1 Å². The van der Waals surface area contributed by atoms with Gasteiger partial charge in [-0.3, -0.25) is 9.69 Å². The monoisotopic (exact) mass is 333 g/mol. The van der Waals surface area contributed by atoms with Crippen LogP contribution in [0.4, 0.5) is 18.9 Å². The number of sulfone groups is 1. The van der Waals surface area contributed by atoms with E-state index in [2.05, 4.69) is 0 Å². The van der Waals surface area contributed by atoms with Gasteiger partial charge in [-0.05, 0) is 43.2 Å². The first-order valence-corrected chi connectivity index (χ1v) is 8.11. The molecular formula is C14H14F3NO3S. The quantitative estimate of drug-likeness (QED) is 0.836. The SMILES string of the molecule is Cc1ccc(N(C(=O)C(F)(F)F)[C@@H]2C=CS(=O)(=O)C2)cc1C. The molecule has 0 spiro atoms. The van der Waals surface area contributed by atoms with Crippen LogP contribution in [0.1, 0.15) is 11.1 Å². The number of carbonyl (C=O) groups excluding carboxylic acids is 1. The molecule has 4 nitrogen and oxygen atoms in total. The van der Waals surface area contributed by atoms with Crippen molar-refractivity contribution >= 4 is 21.4 Å². The molecule has 1 aliphatic heterocycles. The Hall–Kier alpha value is -1.83. The molecule has 0 saturated heterocycles. The summed E-state index contributed by atoms with van der Waals surface area (Å²) in [6.07, 6.45) is -3.98. The van der Waals surface area contributed by atoms with Crippen molar-refractivity contribution in [3.63, 3.8) is 0 Å². The van der Waals surface area contributed by atoms with Crippen molar-refractivity contribution in [2.24, 2.45) is 0 Å². The van der Waals surface area contributed by atoms with Crippen molar-refractivity contribution in [3.8, 4) is 0 Å². The Morgan fingerprint density at radius 2 is 1.86 bits per heavy atom. The highest BCUT2D eigenvalue weighted by Crippen LogP contribution is 2.29. The van der Waals surface area contributed by atoms with Crippen molar-refractivity contribution in [2.75, 3.05) is 10.7 Å². The summed E-state index contributed by atoms with van der Waals surface area (Å²) >= 11 is 0. The van der Waals surface area contributed by atoms with E-state index in [1.807, 2.05) is 0 Å². The van der Waals surface area contributed by atoms with Gasteiger partial charge in [-0.25, -0.2) is 8.42 Å². The minimum absolute atomic E-state index is 0.0252. The predicted molar refractivity (Wildman–Crippen MR) is 76.2 cm³/mol. The standard InChI is InChI=1S/C14H14F3NO3S/c1-9-3-4-11(7-10(9)2)18(13(19)14(15,16)17)12-5-6-22(20,21)8-12/h3-7,12H,8H2,1-2H3/t12-/m1/s1. The molecule has 120 valence electrons. The molecule has 1 atom stereocenters. The molecule has 0 saturated carbocycles. The van der Waals surface area contributed by atoms with E-state index in [1.54, 1.807) is 19.9 Å². The fraction of sp³-hybridized carbons (Fsp3) is 0.357. The van der Waals surface area contributed by atoms with Crippen LogP contribution in [0.2, 0.25) is 0 Å². The van der Waals surface area contributed by atoms with Gasteiger partial charge in [0.05, 0.1) is 11.8 Å². The number of carbonyl (C=O) groups is 1. The fourth-order valence-corrected chi connectivity index (χ4v) is 3.46. The molecule has 0 aliphatic carbocycles. The summed E-state index contributed by atoms with van der Waals surface area (Å²) < 4.78 is 61.5. The highest BCUT2D eigenvalue weighted by atomic mass is 32.2. The van der Waals surface area contributed by atoms with E-state index in [4.69, 9.17) is 0 Å². The third-order valence-corrected chi connectivity index (χ3v) is 4.85. The summed E-state index contributed by atoms with van der Waals surface area (Å²) in [5.41, 5.74) is 1.59. The van der Waals surface area contributed by atoms with Gasteiger partial charge in [0.15, 0.2) is 9.84 Å². The molecule has 0 fully saturated rings. The van der Waals surface area contributed by atoms with Crippen molar-refractivity contribution in [1.29, 1.82) is 0 Å². The maximum Gasteiger partial charge on any atom is 0.471 e. The lowest BCUT2D eigenvalue weighted by atomic mass is 10.1. The van der Waals surface area contributed by atoms with E-state index in [-0.39, 0.29) is 5.69 Å². The zero-order valence-corrected chi connectivity index (χ0v) is 12.7. The molecule has 0 aromatic heterocycles. The van der Waals surface area contributed by atoms with Crippen molar-refractivity contribution < 1.29 is 26.4 Å². The summed E-state index contributed by atoms with van der Waals surface area (Å²) in [6, 6.07) is 3.25. The van der Waals surface area contributed by atoms with Gasteiger partial charge in [-0.2, -0.15) is 13.2 Å². The second-order valence-electron chi connectivity index (χ2n) is 5.17. The van der Waals surface area contributed by atoms with E-state index in [0.29, 0.717) is 10.5 Å². The number of hydrogen-bond donors (Lipinski definition) is 0. The number of hydrogen-bond acceptors (Lipinski definition) is 3. The van der Waals surface area contributed by atoms with Gasteiger partial charge in [0.25, 0.3) is 0 Å². The maximum atomic E-state index is 12.8.